The second kappa shape index (κ2) is 7.73. The lowest BCUT2D eigenvalue weighted by Crippen LogP contribution is -2.30. The molecule has 0 saturated heterocycles. The van der Waals surface area contributed by atoms with Crippen LogP contribution in [0.15, 0.2) is 18.7 Å². The number of amides is 1. The Hall–Kier alpha value is -1.49. The van der Waals surface area contributed by atoms with E-state index in [2.05, 4.69) is 22.2 Å². The van der Waals surface area contributed by atoms with Crippen molar-refractivity contribution in [3.63, 3.8) is 0 Å². The van der Waals surface area contributed by atoms with Crippen LogP contribution in [0.3, 0.4) is 0 Å². The van der Waals surface area contributed by atoms with Gasteiger partial charge in [0.2, 0.25) is 0 Å². The normalized spacial score (nSPS) is 12.1. The number of rotatable bonds is 7. The first-order valence-corrected chi connectivity index (χ1v) is 6.01. The second-order valence-electron chi connectivity index (χ2n) is 4.07. The van der Waals surface area contributed by atoms with E-state index in [-0.39, 0.29) is 5.91 Å². The van der Waals surface area contributed by atoms with Crippen LogP contribution in [0.4, 0.5) is 0 Å². The monoisotopic (exact) mass is 236 g/mol. The molecule has 1 rings (SSSR count). The van der Waals surface area contributed by atoms with Gasteiger partial charge >= 0.3 is 0 Å². The number of hydrogen-bond acceptors (Lipinski definition) is 4. The van der Waals surface area contributed by atoms with Crippen LogP contribution in [-0.2, 0) is 0 Å². The van der Waals surface area contributed by atoms with Crippen LogP contribution in [0.25, 0.3) is 0 Å². The Bertz CT molecular complexity index is 323. The molecule has 0 bridgehead atoms. The molecule has 5 nitrogen and oxygen atoms in total. The number of carbonyl (C=O) groups excluding carboxylic acids is 1. The fraction of sp³-hybridized carbons (Fsp3) is 0.583. The Morgan fingerprint density at radius 2 is 2.12 bits per heavy atom. The van der Waals surface area contributed by atoms with Crippen LogP contribution in [0.1, 0.15) is 36.5 Å². The van der Waals surface area contributed by atoms with Gasteiger partial charge in [-0.25, -0.2) is 9.97 Å². The third-order valence-corrected chi connectivity index (χ3v) is 2.65. The molecule has 0 aliphatic carbocycles. The van der Waals surface area contributed by atoms with Crippen molar-refractivity contribution < 1.29 is 4.79 Å². The predicted octanol–water partition coefficient (Wildman–Crippen LogP) is 0.971. The summed E-state index contributed by atoms with van der Waals surface area (Å²) in [5, 5.41) is 2.89. The maximum atomic E-state index is 11.7. The first-order valence-electron chi connectivity index (χ1n) is 6.01. The molecule has 0 spiro atoms. The maximum Gasteiger partial charge on any atom is 0.254 e. The molecule has 1 atom stereocenters. The third kappa shape index (κ3) is 4.91. The molecule has 3 N–H and O–H groups in total. The molecule has 1 unspecified atom stereocenters. The molecule has 5 heteroatoms. The van der Waals surface area contributed by atoms with E-state index >= 15 is 0 Å². The summed E-state index contributed by atoms with van der Waals surface area (Å²) in [6.07, 6.45) is 7.57. The summed E-state index contributed by atoms with van der Waals surface area (Å²) in [5.74, 6) is 0.335. The maximum absolute atomic E-state index is 11.7. The Labute approximate surface area is 102 Å². The van der Waals surface area contributed by atoms with Gasteiger partial charge in [-0.2, -0.15) is 0 Å². The third-order valence-electron chi connectivity index (χ3n) is 2.65. The highest BCUT2D eigenvalue weighted by Crippen LogP contribution is 2.09. The highest BCUT2D eigenvalue weighted by Gasteiger charge is 2.10. The number of carbonyl (C=O) groups is 1. The van der Waals surface area contributed by atoms with Gasteiger partial charge in [-0.1, -0.05) is 13.3 Å². The topological polar surface area (TPSA) is 80.9 Å². The lowest BCUT2D eigenvalue weighted by atomic mass is 10.00. The Kier molecular flexibility index (Phi) is 6.17. The van der Waals surface area contributed by atoms with E-state index in [9.17, 15) is 4.79 Å². The summed E-state index contributed by atoms with van der Waals surface area (Å²) in [6.45, 7) is 3.46. The molecular formula is C12H20N4O. The Morgan fingerprint density at radius 3 is 2.71 bits per heavy atom. The van der Waals surface area contributed by atoms with E-state index in [1.807, 2.05) is 0 Å². The van der Waals surface area contributed by atoms with Gasteiger partial charge in [0.05, 0.1) is 5.56 Å². The van der Waals surface area contributed by atoms with Gasteiger partial charge < -0.3 is 11.1 Å². The van der Waals surface area contributed by atoms with E-state index in [4.69, 9.17) is 5.73 Å². The molecule has 1 aromatic rings. The van der Waals surface area contributed by atoms with Crippen molar-refractivity contribution in [3.05, 3.63) is 24.3 Å². The van der Waals surface area contributed by atoms with E-state index < -0.39 is 0 Å². The minimum atomic E-state index is -0.122. The van der Waals surface area contributed by atoms with Crippen molar-refractivity contribution in [2.75, 3.05) is 13.1 Å². The molecule has 0 aliphatic rings. The largest absolute Gasteiger partial charge is 0.352 e. The summed E-state index contributed by atoms with van der Waals surface area (Å²) in [5.41, 5.74) is 6.04. The van der Waals surface area contributed by atoms with Crippen molar-refractivity contribution in [1.29, 1.82) is 0 Å². The van der Waals surface area contributed by atoms with E-state index in [1.165, 1.54) is 18.7 Å². The molecular weight excluding hydrogens is 216 g/mol. The lowest BCUT2D eigenvalue weighted by molar-refractivity contribution is 0.0945. The zero-order chi connectivity index (χ0) is 12.5. The first kappa shape index (κ1) is 13.6. The number of hydrogen-bond donors (Lipinski definition) is 2. The summed E-state index contributed by atoms with van der Waals surface area (Å²) in [6, 6.07) is 0. The highest BCUT2D eigenvalue weighted by molar-refractivity contribution is 5.93. The molecule has 1 amide bonds. The smallest absolute Gasteiger partial charge is 0.254 e. The van der Waals surface area contributed by atoms with Crippen LogP contribution in [0.2, 0.25) is 0 Å². The van der Waals surface area contributed by atoms with E-state index in [1.54, 1.807) is 0 Å². The van der Waals surface area contributed by atoms with Gasteiger partial charge in [-0.05, 0) is 25.3 Å². The van der Waals surface area contributed by atoms with Gasteiger partial charge in [0.15, 0.2) is 0 Å². The van der Waals surface area contributed by atoms with Crippen molar-refractivity contribution in [3.8, 4) is 0 Å². The Balaban J connectivity index is 2.41. The van der Waals surface area contributed by atoms with Crippen LogP contribution in [0.5, 0.6) is 0 Å². The van der Waals surface area contributed by atoms with E-state index in [0.29, 0.717) is 24.6 Å². The fourth-order valence-electron chi connectivity index (χ4n) is 1.75. The van der Waals surface area contributed by atoms with Gasteiger partial charge in [0, 0.05) is 18.9 Å². The van der Waals surface area contributed by atoms with E-state index in [0.717, 1.165) is 19.3 Å². The minimum Gasteiger partial charge on any atom is -0.352 e. The van der Waals surface area contributed by atoms with Crippen LogP contribution >= 0.6 is 0 Å². The average Bonchev–Trinajstić information content (AvgIpc) is 2.37. The molecule has 17 heavy (non-hydrogen) atoms. The number of nitrogens with one attached hydrogen (secondary N) is 1. The Morgan fingerprint density at radius 1 is 1.41 bits per heavy atom. The number of nitrogens with two attached hydrogens (primary N) is 1. The SMILES string of the molecule is CCCC(CCN)CNC(=O)c1cncnc1. The van der Waals surface area contributed by atoms with Crippen LogP contribution < -0.4 is 11.1 Å². The molecule has 0 saturated carbocycles. The molecule has 0 aromatic carbocycles. The second-order valence-corrected chi connectivity index (χ2v) is 4.07. The number of aromatic nitrogens is 2. The van der Waals surface area contributed by atoms with Crippen LogP contribution in [-0.4, -0.2) is 29.0 Å². The molecule has 0 fully saturated rings. The molecule has 0 aliphatic heterocycles. The van der Waals surface area contributed by atoms with Crippen molar-refractivity contribution in [2.45, 2.75) is 26.2 Å². The average molecular weight is 236 g/mol. The van der Waals surface area contributed by atoms with Gasteiger partial charge in [0.1, 0.15) is 6.33 Å². The summed E-state index contributed by atoms with van der Waals surface area (Å²) in [7, 11) is 0. The lowest BCUT2D eigenvalue weighted by Gasteiger charge is -2.15. The quantitative estimate of drug-likeness (QED) is 0.739. The molecule has 1 aromatic heterocycles. The zero-order valence-electron chi connectivity index (χ0n) is 10.2. The summed E-state index contributed by atoms with van der Waals surface area (Å²) in [4.78, 5) is 19.4. The zero-order valence-corrected chi connectivity index (χ0v) is 10.2. The fourth-order valence-corrected chi connectivity index (χ4v) is 1.75. The molecule has 0 radical (unpaired) electrons. The minimum absolute atomic E-state index is 0.122. The highest BCUT2D eigenvalue weighted by atomic mass is 16.1. The van der Waals surface area contributed by atoms with Gasteiger partial charge in [-0.3, -0.25) is 4.79 Å². The van der Waals surface area contributed by atoms with Crippen molar-refractivity contribution in [2.24, 2.45) is 11.7 Å². The predicted molar refractivity (Wildman–Crippen MR) is 66.4 cm³/mol. The van der Waals surface area contributed by atoms with Crippen molar-refractivity contribution >= 4 is 5.91 Å². The standard InChI is InChI=1S/C12H20N4O/c1-2-3-10(4-5-13)6-16-12(17)11-7-14-9-15-8-11/h7-10H,2-6,13H2,1H3,(H,16,17). The van der Waals surface area contributed by atoms with Gasteiger partial charge in [0.25, 0.3) is 5.91 Å². The molecule has 1 heterocycles. The first-order chi connectivity index (χ1) is 8.27. The number of nitrogens with zero attached hydrogens (tertiary/aromatic N) is 2. The summed E-state index contributed by atoms with van der Waals surface area (Å²) >= 11 is 0. The molecule has 94 valence electrons. The van der Waals surface area contributed by atoms with Gasteiger partial charge in [-0.15, -0.1) is 0 Å². The van der Waals surface area contributed by atoms with Crippen LogP contribution in [0, 0.1) is 5.92 Å². The van der Waals surface area contributed by atoms with Crippen molar-refractivity contribution in [1.82, 2.24) is 15.3 Å². The summed E-state index contributed by atoms with van der Waals surface area (Å²) < 4.78 is 0.